The van der Waals surface area contributed by atoms with E-state index in [1.807, 2.05) is 36.4 Å². The van der Waals surface area contributed by atoms with E-state index in [9.17, 15) is 9.90 Å². The average Bonchev–Trinajstić information content (AvgIpc) is 3.29. The lowest BCUT2D eigenvalue weighted by molar-refractivity contribution is -0.169. The molecule has 0 amide bonds. The van der Waals surface area contributed by atoms with Crippen LogP contribution in [0.1, 0.15) is 87.0 Å². The number of halogens is 1. The number of phenols is 1. The number of ether oxygens (including phenoxy) is 2. The fourth-order valence-corrected chi connectivity index (χ4v) is 7.61. The highest BCUT2D eigenvalue weighted by Gasteiger charge is 2.54. The molecule has 5 heteroatoms. The van der Waals surface area contributed by atoms with E-state index >= 15 is 0 Å². The molecule has 1 unspecified atom stereocenters. The van der Waals surface area contributed by atoms with Crippen molar-refractivity contribution in [1.82, 2.24) is 0 Å². The van der Waals surface area contributed by atoms with Crippen LogP contribution in [0.5, 0.6) is 5.75 Å². The van der Waals surface area contributed by atoms with E-state index in [2.05, 4.69) is 34.8 Å². The molecule has 2 aromatic rings. The molecule has 2 saturated carbocycles. The van der Waals surface area contributed by atoms with Gasteiger partial charge in [-0.3, -0.25) is 0 Å². The van der Waals surface area contributed by atoms with Crippen molar-refractivity contribution in [3.05, 3.63) is 63.6 Å². The maximum absolute atomic E-state index is 13.4. The Kier molecular flexibility index (Phi) is 7.98. The van der Waals surface area contributed by atoms with Gasteiger partial charge in [0, 0.05) is 10.9 Å². The molecule has 37 heavy (non-hydrogen) atoms. The maximum Gasteiger partial charge on any atom is 0.339 e. The third-order valence-corrected chi connectivity index (χ3v) is 9.68. The molecule has 0 radical (unpaired) electrons. The number of carbonyl (C=O) groups excluding carboxylic acids is 1. The van der Waals surface area contributed by atoms with Crippen molar-refractivity contribution in [1.29, 1.82) is 0 Å². The first kappa shape index (κ1) is 26.3. The number of hydrogen-bond acceptors (Lipinski definition) is 4. The second-order valence-electron chi connectivity index (χ2n) is 11.4. The second-order valence-corrected chi connectivity index (χ2v) is 12.3. The van der Waals surface area contributed by atoms with Crippen molar-refractivity contribution in [2.24, 2.45) is 17.3 Å². The molecule has 0 bridgehead atoms. The summed E-state index contributed by atoms with van der Waals surface area (Å²) in [4.78, 5) is 13.4. The molecule has 3 aliphatic carbocycles. The van der Waals surface area contributed by atoms with Gasteiger partial charge in [0.2, 0.25) is 0 Å². The topological polar surface area (TPSA) is 55.8 Å². The molecule has 1 N–H and O–H groups in total. The van der Waals surface area contributed by atoms with Crippen LogP contribution in [0, 0.1) is 29.6 Å². The zero-order valence-electron chi connectivity index (χ0n) is 21.6. The molecule has 0 spiro atoms. The number of rotatable bonds is 8. The van der Waals surface area contributed by atoms with Gasteiger partial charge in [-0.15, -0.1) is 12.3 Å². The zero-order chi connectivity index (χ0) is 26.0. The van der Waals surface area contributed by atoms with E-state index in [4.69, 9.17) is 15.9 Å². The lowest BCUT2D eigenvalue weighted by Gasteiger charge is -2.52. The Hall–Kier alpha value is -2.29. The van der Waals surface area contributed by atoms with Gasteiger partial charge in [0.15, 0.2) is 6.10 Å². The van der Waals surface area contributed by atoms with Crippen LogP contribution in [0.2, 0.25) is 0 Å². The third-order valence-electron chi connectivity index (χ3n) is 9.15. The van der Waals surface area contributed by atoms with Crippen molar-refractivity contribution in [2.75, 3.05) is 6.61 Å². The Balaban J connectivity index is 1.45. The standard InChI is InChI=1S/C32H37BrO4/c1-3-4-5-6-18-36-31(35)30(21-9-11-23(33)12-10-21)37-28-20-22-19-24(34)13-14-25(22)26-15-17-32(2)16-7-8-27(32)29(26)28/h1,9-14,19,26-30,34H,4-8,15-18,20H2,2H3/t26-,27+,28+,29-,30?,32+/m1/s1. The molecular formula is C32H37BrO4. The molecule has 0 aliphatic heterocycles. The van der Waals surface area contributed by atoms with Crippen LogP contribution in [0.4, 0.5) is 0 Å². The van der Waals surface area contributed by atoms with Gasteiger partial charge in [-0.1, -0.05) is 47.5 Å². The molecule has 4 nitrogen and oxygen atoms in total. The highest BCUT2D eigenvalue weighted by Crippen LogP contribution is 2.61. The van der Waals surface area contributed by atoms with Gasteiger partial charge in [-0.25, -0.2) is 4.79 Å². The summed E-state index contributed by atoms with van der Waals surface area (Å²) in [5.41, 5.74) is 3.64. The van der Waals surface area contributed by atoms with Crippen LogP contribution in [-0.2, 0) is 20.7 Å². The van der Waals surface area contributed by atoms with Gasteiger partial charge in [-0.05, 0) is 109 Å². The smallest absolute Gasteiger partial charge is 0.339 e. The number of terminal acetylenes is 1. The SMILES string of the molecule is C#CCCCCOC(=O)C(O[C@H]1Cc2cc(O)ccc2[C@H]2CC[C@]3(C)CCC[C@H]3[C@H]12)c1ccc(Br)cc1. The van der Waals surface area contributed by atoms with E-state index in [1.54, 1.807) is 0 Å². The van der Waals surface area contributed by atoms with Crippen LogP contribution in [0.3, 0.4) is 0 Å². The van der Waals surface area contributed by atoms with Gasteiger partial charge in [-0.2, -0.15) is 0 Å². The van der Waals surface area contributed by atoms with Crippen LogP contribution in [0.15, 0.2) is 46.9 Å². The minimum Gasteiger partial charge on any atom is -0.508 e. The van der Waals surface area contributed by atoms with Gasteiger partial charge in [0.25, 0.3) is 0 Å². The monoisotopic (exact) mass is 564 g/mol. The largest absolute Gasteiger partial charge is 0.508 e. The predicted octanol–water partition coefficient (Wildman–Crippen LogP) is 7.48. The molecule has 2 fully saturated rings. The van der Waals surface area contributed by atoms with E-state index in [0.717, 1.165) is 34.9 Å². The Labute approximate surface area is 229 Å². The first-order chi connectivity index (χ1) is 17.9. The maximum atomic E-state index is 13.4. The molecule has 196 valence electrons. The van der Waals surface area contributed by atoms with E-state index < -0.39 is 6.10 Å². The van der Waals surface area contributed by atoms with Gasteiger partial charge < -0.3 is 14.6 Å². The summed E-state index contributed by atoms with van der Waals surface area (Å²) in [5.74, 6) is 3.89. The Morgan fingerprint density at radius 1 is 1.19 bits per heavy atom. The van der Waals surface area contributed by atoms with Gasteiger partial charge in [0.1, 0.15) is 5.75 Å². The Bertz CT molecular complexity index is 1150. The minimum atomic E-state index is -0.792. The van der Waals surface area contributed by atoms with Crippen LogP contribution >= 0.6 is 15.9 Å². The van der Waals surface area contributed by atoms with Gasteiger partial charge in [0.05, 0.1) is 12.7 Å². The van der Waals surface area contributed by atoms with Crippen molar-refractivity contribution >= 4 is 21.9 Å². The Morgan fingerprint density at radius 3 is 2.78 bits per heavy atom. The van der Waals surface area contributed by atoms with Crippen LogP contribution in [0.25, 0.3) is 0 Å². The molecule has 0 heterocycles. The van der Waals surface area contributed by atoms with E-state index in [-0.39, 0.29) is 17.8 Å². The van der Waals surface area contributed by atoms with Gasteiger partial charge >= 0.3 is 5.97 Å². The van der Waals surface area contributed by atoms with E-state index in [1.165, 1.54) is 31.2 Å². The van der Waals surface area contributed by atoms with Crippen molar-refractivity contribution in [3.63, 3.8) is 0 Å². The highest BCUT2D eigenvalue weighted by atomic mass is 79.9. The number of phenolic OH excluding ortho intramolecular Hbond substituents is 1. The van der Waals surface area contributed by atoms with Crippen molar-refractivity contribution < 1.29 is 19.4 Å². The first-order valence-electron chi connectivity index (χ1n) is 13.7. The molecule has 0 aromatic heterocycles. The summed E-state index contributed by atoms with van der Waals surface area (Å²) < 4.78 is 13.5. The van der Waals surface area contributed by atoms with Crippen LogP contribution < -0.4 is 0 Å². The molecule has 0 saturated heterocycles. The van der Waals surface area contributed by atoms with Crippen molar-refractivity contribution in [2.45, 2.75) is 82.8 Å². The lowest BCUT2D eigenvalue weighted by Crippen LogP contribution is -2.48. The molecule has 2 aromatic carbocycles. The number of aromatic hydroxyl groups is 1. The predicted molar refractivity (Wildman–Crippen MR) is 148 cm³/mol. The third kappa shape index (κ3) is 5.47. The second kappa shape index (κ2) is 11.2. The quantitative estimate of drug-likeness (QED) is 0.205. The normalized spacial score (nSPS) is 28.9. The number of benzene rings is 2. The average molecular weight is 566 g/mol. The summed E-state index contributed by atoms with van der Waals surface area (Å²) in [7, 11) is 0. The number of carbonyl (C=O) groups is 1. The van der Waals surface area contributed by atoms with Crippen molar-refractivity contribution in [3.8, 4) is 18.1 Å². The Morgan fingerprint density at radius 2 is 2.00 bits per heavy atom. The lowest BCUT2D eigenvalue weighted by atomic mass is 9.55. The molecule has 3 aliphatic rings. The summed E-state index contributed by atoms with van der Waals surface area (Å²) in [6.45, 7) is 2.80. The molecule has 5 rings (SSSR count). The fourth-order valence-electron chi connectivity index (χ4n) is 7.35. The van der Waals surface area contributed by atoms with Crippen LogP contribution in [-0.4, -0.2) is 23.8 Å². The molecular weight excluding hydrogens is 528 g/mol. The summed E-state index contributed by atoms with van der Waals surface area (Å²) in [5, 5.41) is 10.3. The fraction of sp³-hybridized carbons (Fsp3) is 0.531. The molecule has 6 atom stereocenters. The highest BCUT2D eigenvalue weighted by molar-refractivity contribution is 9.10. The number of esters is 1. The summed E-state index contributed by atoms with van der Waals surface area (Å²) in [6.07, 6.45) is 13.5. The van der Waals surface area contributed by atoms with E-state index in [0.29, 0.717) is 42.6 Å². The number of hydrogen-bond donors (Lipinski definition) is 1. The first-order valence-corrected chi connectivity index (χ1v) is 14.5. The zero-order valence-corrected chi connectivity index (χ0v) is 23.2. The minimum absolute atomic E-state index is 0.121. The number of fused-ring (bicyclic) bond motifs is 5. The number of unbranched alkanes of at least 4 members (excludes halogenated alkanes) is 2. The summed E-state index contributed by atoms with van der Waals surface area (Å²) >= 11 is 3.51. The summed E-state index contributed by atoms with van der Waals surface area (Å²) in [6, 6.07) is 13.6.